The van der Waals surface area contributed by atoms with Gasteiger partial charge in [0.15, 0.2) is 0 Å². The molecule has 0 aromatic heterocycles. The molecule has 0 aliphatic rings. The number of fused-ring (bicyclic) bond motifs is 4. The molecular formula is C49H35FN2. The highest BCUT2D eigenvalue weighted by Crippen LogP contribution is 2.41. The van der Waals surface area contributed by atoms with Gasteiger partial charge in [0, 0.05) is 0 Å². The van der Waals surface area contributed by atoms with Crippen molar-refractivity contribution in [3.05, 3.63) is 206 Å². The number of halogens is 1. The summed E-state index contributed by atoms with van der Waals surface area (Å²) in [4.78, 5) is 0. The highest BCUT2D eigenvalue weighted by molar-refractivity contribution is 6.10. The van der Waals surface area contributed by atoms with Crippen LogP contribution in [0.15, 0.2) is 200 Å². The van der Waals surface area contributed by atoms with E-state index < -0.39 is 0 Å². The van der Waals surface area contributed by atoms with Crippen LogP contribution in [-0.2, 0) is 6.54 Å². The number of hydrogen-bond donors (Lipinski definition) is 0. The molecule has 0 amide bonds. The van der Waals surface area contributed by atoms with Gasteiger partial charge in [-0.1, -0.05) is 164 Å². The second-order valence-corrected chi connectivity index (χ2v) is 13.2. The first-order valence-corrected chi connectivity index (χ1v) is 17.7. The minimum absolute atomic E-state index is 0.0854. The number of para-hydroxylation sites is 1. The Kier molecular flexibility index (Phi) is 8.24. The summed E-state index contributed by atoms with van der Waals surface area (Å²) >= 11 is 0. The van der Waals surface area contributed by atoms with E-state index in [1.807, 2.05) is 72.8 Å². The molecule has 0 heterocycles. The van der Waals surface area contributed by atoms with E-state index in [0.29, 0.717) is 0 Å². The van der Waals surface area contributed by atoms with E-state index in [4.69, 9.17) is 0 Å². The Morgan fingerprint density at radius 1 is 0.365 bits per heavy atom. The predicted molar refractivity (Wildman–Crippen MR) is 217 cm³/mol. The average molecular weight is 671 g/mol. The predicted octanol–water partition coefficient (Wildman–Crippen LogP) is 13.6. The summed E-state index contributed by atoms with van der Waals surface area (Å²) in [5.41, 5.74) is 9.07. The van der Waals surface area contributed by atoms with E-state index in [-0.39, 0.29) is 6.54 Å². The van der Waals surface area contributed by atoms with Gasteiger partial charge in [-0.25, -0.2) is 5.01 Å². The summed E-state index contributed by atoms with van der Waals surface area (Å²) in [6, 6.07) is 69.0. The summed E-state index contributed by atoms with van der Waals surface area (Å²) in [6.45, 7) is 0.0854. The molecule has 0 aliphatic heterocycles. The van der Waals surface area contributed by atoms with E-state index in [1.165, 1.54) is 32.3 Å². The van der Waals surface area contributed by atoms with Crippen LogP contribution in [0.5, 0.6) is 0 Å². The third-order valence-electron chi connectivity index (χ3n) is 9.95. The van der Waals surface area contributed by atoms with Gasteiger partial charge >= 0.3 is 0 Å². The quantitative estimate of drug-likeness (QED) is 0.0902. The molecule has 52 heavy (non-hydrogen) atoms. The maximum atomic E-state index is 16.6. The summed E-state index contributed by atoms with van der Waals surface area (Å²) in [6.07, 6.45) is 0. The summed E-state index contributed by atoms with van der Waals surface area (Å²) in [5.74, 6) is 0. The van der Waals surface area contributed by atoms with Crippen molar-refractivity contribution in [2.24, 2.45) is 0 Å². The normalized spacial score (nSPS) is 11.4. The molecule has 2 nitrogen and oxygen atoms in total. The fourth-order valence-electron chi connectivity index (χ4n) is 7.44. The van der Waals surface area contributed by atoms with Gasteiger partial charge < -0.3 is 0 Å². The van der Waals surface area contributed by atoms with Crippen molar-refractivity contribution in [3.63, 3.8) is 0 Å². The largest absolute Gasteiger partial charge is 0.247 e. The molecule has 0 spiro atoms. The zero-order valence-electron chi connectivity index (χ0n) is 28.5. The van der Waals surface area contributed by atoms with Crippen LogP contribution >= 0.6 is 0 Å². The molecule has 0 saturated heterocycles. The minimum atomic E-state index is 0.0854. The number of rotatable bonds is 8. The van der Waals surface area contributed by atoms with Crippen molar-refractivity contribution < 1.29 is 4.48 Å². The van der Waals surface area contributed by atoms with Crippen molar-refractivity contribution in [1.82, 2.24) is 5.23 Å². The van der Waals surface area contributed by atoms with Crippen LogP contribution in [0.4, 0.5) is 15.9 Å². The molecule has 0 unspecified atom stereocenters. The van der Waals surface area contributed by atoms with Crippen molar-refractivity contribution in [2.45, 2.75) is 6.54 Å². The molecule has 0 saturated carbocycles. The fourth-order valence-corrected chi connectivity index (χ4v) is 7.44. The number of nitrogens with zero attached hydrogens (tertiary/aromatic N) is 2. The third kappa shape index (κ3) is 5.98. The molecule has 248 valence electrons. The summed E-state index contributed by atoms with van der Waals surface area (Å²) < 4.78 is 16.6. The van der Waals surface area contributed by atoms with E-state index in [0.717, 1.165) is 55.5 Å². The third-order valence-corrected chi connectivity index (χ3v) is 9.95. The van der Waals surface area contributed by atoms with Gasteiger partial charge in [0.05, 0.1) is 17.9 Å². The lowest BCUT2D eigenvalue weighted by molar-refractivity contribution is 0.0156. The van der Waals surface area contributed by atoms with Crippen LogP contribution in [0.2, 0.25) is 0 Å². The van der Waals surface area contributed by atoms with Gasteiger partial charge in [0.25, 0.3) is 0 Å². The van der Waals surface area contributed by atoms with Gasteiger partial charge in [-0.05, 0) is 113 Å². The molecule has 9 aromatic carbocycles. The zero-order chi connectivity index (χ0) is 34.9. The van der Waals surface area contributed by atoms with Crippen LogP contribution in [0.25, 0.3) is 65.7 Å². The SMILES string of the molecule is FN(Cc1cccc(-c2ccccc2)c1)N(c1ccccc1)c1ccc(-c2c(-c3ccc4c(ccc5ccccc54)c3)ccc3ccccc23)cc1. The van der Waals surface area contributed by atoms with Crippen LogP contribution in [0, 0.1) is 0 Å². The highest BCUT2D eigenvalue weighted by atomic mass is 19.2. The molecular weight excluding hydrogens is 636 g/mol. The van der Waals surface area contributed by atoms with Crippen molar-refractivity contribution in [3.8, 4) is 33.4 Å². The smallest absolute Gasteiger partial charge is 0.0760 e. The molecule has 0 radical (unpaired) electrons. The highest BCUT2D eigenvalue weighted by Gasteiger charge is 2.20. The Hall–Kier alpha value is -6.55. The number of hydrazine groups is 1. The molecule has 0 N–H and O–H groups in total. The van der Waals surface area contributed by atoms with Crippen LogP contribution in [0.1, 0.15) is 5.56 Å². The molecule has 3 heteroatoms. The monoisotopic (exact) mass is 670 g/mol. The Morgan fingerprint density at radius 2 is 0.942 bits per heavy atom. The number of hydrogen-bond acceptors (Lipinski definition) is 2. The van der Waals surface area contributed by atoms with E-state index in [2.05, 4.69) is 127 Å². The van der Waals surface area contributed by atoms with Gasteiger partial charge in [0.2, 0.25) is 0 Å². The van der Waals surface area contributed by atoms with Crippen LogP contribution in [0.3, 0.4) is 0 Å². The Morgan fingerprint density at radius 3 is 1.73 bits per heavy atom. The average Bonchev–Trinajstić information content (AvgIpc) is 3.21. The van der Waals surface area contributed by atoms with E-state index in [9.17, 15) is 0 Å². The number of benzene rings is 9. The summed E-state index contributed by atoms with van der Waals surface area (Å²) in [5, 5.41) is 9.76. The molecule has 0 aliphatic carbocycles. The first-order chi connectivity index (χ1) is 25.7. The maximum absolute atomic E-state index is 16.6. The van der Waals surface area contributed by atoms with Crippen LogP contribution in [-0.4, -0.2) is 5.23 Å². The fraction of sp³-hybridized carbons (Fsp3) is 0.0204. The van der Waals surface area contributed by atoms with Crippen molar-refractivity contribution in [1.29, 1.82) is 0 Å². The molecule has 9 rings (SSSR count). The lowest BCUT2D eigenvalue weighted by atomic mass is 9.88. The molecule has 0 atom stereocenters. The molecule has 0 fully saturated rings. The van der Waals surface area contributed by atoms with Crippen LogP contribution < -0.4 is 5.01 Å². The van der Waals surface area contributed by atoms with Gasteiger partial charge in [0.1, 0.15) is 0 Å². The maximum Gasteiger partial charge on any atom is 0.0760 e. The second-order valence-electron chi connectivity index (χ2n) is 13.2. The van der Waals surface area contributed by atoms with Gasteiger partial charge in [-0.15, -0.1) is 4.48 Å². The Labute approximate surface area is 303 Å². The Bertz CT molecular complexity index is 2670. The second kappa shape index (κ2) is 13.6. The molecule has 9 aromatic rings. The molecule has 0 bridgehead atoms. The standard InChI is InChI=1S/C49H35FN2/c50-51(34-35-12-11-17-40(32-35)36-13-3-1-4-14-36)52(43-18-5-2-6-19-43)44-28-24-39(25-29-44)49-47-21-10-8-16-38(47)26-31-48(49)42-27-30-46-41(33-42)23-22-37-15-7-9-20-45(37)46/h1-33H,34H2. The first-order valence-electron chi connectivity index (χ1n) is 17.7. The van der Waals surface area contributed by atoms with Gasteiger partial charge in [-0.3, -0.25) is 0 Å². The first kappa shape index (κ1) is 31.4. The summed E-state index contributed by atoms with van der Waals surface area (Å²) in [7, 11) is 0. The minimum Gasteiger partial charge on any atom is -0.247 e. The van der Waals surface area contributed by atoms with Crippen molar-refractivity contribution >= 4 is 43.7 Å². The Balaban J connectivity index is 1.10. The lowest BCUT2D eigenvalue weighted by Gasteiger charge is -2.30. The van der Waals surface area contributed by atoms with E-state index in [1.54, 1.807) is 5.01 Å². The topological polar surface area (TPSA) is 6.48 Å². The van der Waals surface area contributed by atoms with E-state index >= 15 is 4.48 Å². The zero-order valence-corrected chi connectivity index (χ0v) is 28.5. The van der Waals surface area contributed by atoms with Crippen molar-refractivity contribution in [2.75, 3.05) is 5.01 Å². The van der Waals surface area contributed by atoms with Gasteiger partial charge in [-0.2, -0.15) is 0 Å². The number of anilines is 2. The lowest BCUT2D eigenvalue weighted by Crippen LogP contribution is -2.32.